The van der Waals surface area contributed by atoms with E-state index in [0.29, 0.717) is 17.8 Å². The molecule has 0 aromatic carbocycles. The van der Waals surface area contributed by atoms with Gasteiger partial charge >= 0.3 is 0 Å². The van der Waals surface area contributed by atoms with Crippen LogP contribution in [0.4, 0.5) is 0 Å². The van der Waals surface area contributed by atoms with E-state index in [0.717, 1.165) is 35.5 Å². The molecule has 1 saturated heterocycles. The Balaban J connectivity index is 1.71. The Bertz CT molecular complexity index is 555. The lowest BCUT2D eigenvalue weighted by molar-refractivity contribution is 0.146. The zero-order valence-corrected chi connectivity index (χ0v) is 13.0. The lowest BCUT2D eigenvalue weighted by atomic mass is 10.2. The van der Waals surface area contributed by atoms with Gasteiger partial charge in [-0.25, -0.2) is 0 Å². The van der Waals surface area contributed by atoms with E-state index in [1.165, 1.54) is 0 Å². The van der Waals surface area contributed by atoms with Gasteiger partial charge in [-0.1, -0.05) is 5.16 Å². The lowest BCUT2D eigenvalue weighted by Crippen LogP contribution is -2.49. The van der Waals surface area contributed by atoms with Crippen molar-refractivity contribution in [2.45, 2.75) is 19.5 Å². The van der Waals surface area contributed by atoms with Crippen molar-refractivity contribution in [3.8, 4) is 10.7 Å². The second-order valence-corrected chi connectivity index (χ2v) is 6.49. The predicted molar refractivity (Wildman–Crippen MR) is 78.1 cm³/mol. The summed E-state index contributed by atoms with van der Waals surface area (Å²) in [7, 11) is 0. The summed E-state index contributed by atoms with van der Waals surface area (Å²) < 4.78 is 6.40. The minimum atomic E-state index is 0.500. The molecule has 0 aliphatic carbocycles. The fourth-order valence-electron chi connectivity index (χ4n) is 2.14. The van der Waals surface area contributed by atoms with Crippen molar-refractivity contribution in [3.05, 3.63) is 21.8 Å². The average Bonchev–Trinajstić information content (AvgIpc) is 3.01. The van der Waals surface area contributed by atoms with Gasteiger partial charge in [0, 0.05) is 35.5 Å². The molecule has 19 heavy (non-hydrogen) atoms. The maximum Gasteiger partial charge on any atom is 0.241 e. The van der Waals surface area contributed by atoms with Gasteiger partial charge in [0.2, 0.25) is 11.7 Å². The maximum atomic E-state index is 5.35. The van der Waals surface area contributed by atoms with E-state index >= 15 is 0 Å². The van der Waals surface area contributed by atoms with Gasteiger partial charge in [0.25, 0.3) is 0 Å². The van der Waals surface area contributed by atoms with Crippen LogP contribution in [0.25, 0.3) is 10.7 Å². The van der Waals surface area contributed by atoms with Gasteiger partial charge in [-0.05, 0) is 28.9 Å². The normalized spacial score (nSPS) is 20.8. The average molecular weight is 343 g/mol. The Labute approximate surface area is 124 Å². The minimum Gasteiger partial charge on any atom is -0.338 e. The molecule has 102 valence electrons. The highest BCUT2D eigenvalue weighted by Gasteiger charge is 2.20. The van der Waals surface area contributed by atoms with E-state index in [1.54, 1.807) is 11.3 Å². The second-order valence-electron chi connectivity index (χ2n) is 4.66. The number of nitrogens with one attached hydrogen (secondary N) is 1. The molecular weight excluding hydrogens is 328 g/mol. The van der Waals surface area contributed by atoms with Crippen molar-refractivity contribution in [2.75, 3.05) is 19.6 Å². The van der Waals surface area contributed by atoms with E-state index in [-0.39, 0.29) is 0 Å². The molecule has 2 aromatic heterocycles. The van der Waals surface area contributed by atoms with Crippen LogP contribution in [0.5, 0.6) is 0 Å². The molecule has 1 fully saturated rings. The van der Waals surface area contributed by atoms with Crippen LogP contribution >= 0.6 is 27.3 Å². The molecule has 2 aromatic rings. The monoisotopic (exact) mass is 342 g/mol. The molecule has 7 heteroatoms. The van der Waals surface area contributed by atoms with Crippen LogP contribution in [0.1, 0.15) is 12.8 Å². The Morgan fingerprint density at radius 1 is 1.63 bits per heavy atom. The van der Waals surface area contributed by atoms with Gasteiger partial charge in [-0.3, -0.25) is 4.90 Å². The number of thiophene rings is 1. The van der Waals surface area contributed by atoms with E-state index in [2.05, 4.69) is 43.2 Å². The highest BCUT2D eigenvalue weighted by molar-refractivity contribution is 9.10. The summed E-state index contributed by atoms with van der Waals surface area (Å²) in [6.07, 6.45) is 0. The molecule has 0 radical (unpaired) electrons. The van der Waals surface area contributed by atoms with Gasteiger partial charge in [0.1, 0.15) is 0 Å². The topological polar surface area (TPSA) is 54.2 Å². The first-order valence-corrected chi connectivity index (χ1v) is 7.91. The molecule has 1 N–H and O–H groups in total. The number of nitrogens with zero attached hydrogens (tertiary/aromatic N) is 3. The molecule has 0 spiro atoms. The van der Waals surface area contributed by atoms with Gasteiger partial charge in [-0.15, -0.1) is 11.3 Å². The summed E-state index contributed by atoms with van der Waals surface area (Å²) in [6, 6.07) is 2.51. The van der Waals surface area contributed by atoms with Crippen LogP contribution in [0.3, 0.4) is 0 Å². The zero-order chi connectivity index (χ0) is 13.2. The molecular formula is C12H15BrN4OS. The van der Waals surface area contributed by atoms with Crippen LogP contribution in [0.2, 0.25) is 0 Å². The number of halogens is 1. The third-order valence-corrected chi connectivity index (χ3v) is 4.92. The highest BCUT2D eigenvalue weighted by atomic mass is 79.9. The molecule has 3 heterocycles. The molecule has 1 aliphatic rings. The summed E-state index contributed by atoms with van der Waals surface area (Å²) >= 11 is 5.04. The fraction of sp³-hybridized carbons (Fsp3) is 0.500. The van der Waals surface area contributed by atoms with E-state index < -0.39 is 0 Å². The molecule has 0 amide bonds. The molecule has 3 rings (SSSR count). The van der Waals surface area contributed by atoms with Gasteiger partial charge in [0.05, 0.1) is 11.4 Å². The summed E-state index contributed by atoms with van der Waals surface area (Å²) in [4.78, 5) is 7.85. The Morgan fingerprint density at radius 2 is 2.53 bits per heavy atom. The van der Waals surface area contributed by atoms with Crippen molar-refractivity contribution in [3.63, 3.8) is 0 Å². The zero-order valence-electron chi connectivity index (χ0n) is 10.6. The predicted octanol–water partition coefficient (Wildman–Crippen LogP) is 2.35. The van der Waals surface area contributed by atoms with E-state index in [4.69, 9.17) is 4.52 Å². The number of rotatable bonds is 3. The van der Waals surface area contributed by atoms with Crippen molar-refractivity contribution in [1.82, 2.24) is 20.4 Å². The number of hydrogen-bond acceptors (Lipinski definition) is 6. The molecule has 0 bridgehead atoms. The first kappa shape index (κ1) is 13.2. The van der Waals surface area contributed by atoms with Crippen LogP contribution in [0, 0.1) is 0 Å². The Morgan fingerprint density at radius 3 is 3.26 bits per heavy atom. The standard InChI is InChI=1S/C12H15BrN4OS/c1-8-5-14-2-3-17(8)6-11-15-12(16-18-11)10-4-9(13)7-19-10/h4,7-8,14H,2-3,5-6H2,1H3/t8-/m0/s1. The fourth-order valence-corrected chi connectivity index (χ4v) is 3.49. The van der Waals surface area contributed by atoms with Crippen molar-refractivity contribution in [1.29, 1.82) is 0 Å². The number of piperazine rings is 1. The summed E-state index contributed by atoms with van der Waals surface area (Å²) in [5.74, 6) is 1.36. The molecule has 5 nitrogen and oxygen atoms in total. The summed E-state index contributed by atoms with van der Waals surface area (Å²) in [5.41, 5.74) is 0. The largest absolute Gasteiger partial charge is 0.338 e. The quantitative estimate of drug-likeness (QED) is 0.927. The minimum absolute atomic E-state index is 0.500. The third kappa shape index (κ3) is 3.05. The van der Waals surface area contributed by atoms with Crippen molar-refractivity contribution >= 4 is 27.3 Å². The number of hydrogen-bond donors (Lipinski definition) is 1. The van der Waals surface area contributed by atoms with Crippen LogP contribution in [0.15, 0.2) is 20.4 Å². The second kappa shape index (κ2) is 5.70. The Hall–Kier alpha value is -0.760. The smallest absolute Gasteiger partial charge is 0.241 e. The van der Waals surface area contributed by atoms with Crippen LogP contribution in [-0.2, 0) is 6.54 Å². The van der Waals surface area contributed by atoms with Crippen molar-refractivity contribution < 1.29 is 4.52 Å². The van der Waals surface area contributed by atoms with E-state index in [9.17, 15) is 0 Å². The molecule has 0 saturated carbocycles. The SMILES string of the molecule is C[C@H]1CNCCN1Cc1nc(-c2cc(Br)cs2)no1. The third-order valence-electron chi connectivity index (χ3n) is 3.23. The maximum absolute atomic E-state index is 5.35. The summed E-state index contributed by atoms with van der Waals surface area (Å²) in [5, 5.41) is 9.44. The highest BCUT2D eigenvalue weighted by Crippen LogP contribution is 2.27. The van der Waals surface area contributed by atoms with Crippen LogP contribution in [-0.4, -0.2) is 40.7 Å². The first-order valence-electron chi connectivity index (χ1n) is 6.24. The van der Waals surface area contributed by atoms with Gasteiger partial charge < -0.3 is 9.84 Å². The van der Waals surface area contributed by atoms with Crippen LogP contribution < -0.4 is 5.32 Å². The number of aromatic nitrogens is 2. The lowest BCUT2D eigenvalue weighted by Gasteiger charge is -2.32. The van der Waals surface area contributed by atoms with Gasteiger partial charge in [-0.2, -0.15) is 4.98 Å². The molecule has 1 aliphatic heterocycles. The van der Waals surface area contributed by atoms with E-state index in [1.807, 2.05) is 11.4 Å². The summed E-state index contributed by atoms with van der Waals surface area (Å²) in [6.45, 7) is 5.98. The molecule has 0 unspecified atom stereocenters. The Kier molecular flexibility index (Phi) is 3.97. The van der Waals surface area contributed by atoms with Gasteiger partial charge in [0.15, 0.2) is 0 Å². The molecule has 1 atom stereocenters. The van der Waals surface area contributed by atoms with Crippen molar-refractivity contribution in [2.24, 2.45) is 0 Å². The first-order chi connectivity index (χ1) is 9.22.